The molecule has 3 aromatic carbocycles. The van der Waals surface area contributed by atoms with E-state index >= 15 is 0 Å². The molecular formula is C22H16. The van der Waals surface area contributed by atoms with Crippen LogP contribution >= 0.6 is 0 Å². The van der Waals surface area contributed by atoms with Gasteiger partial charge in [-0.05, 0) is 45.0 Å². The zero-order chi connectivity index (χ0) is 14.5. The minimum absolute atomic E-state index is 0.416. The molecule has 0 aromatic heterocycles. The first-order valence-corrected chi connectivity index (χ1v) is 7.89. The highest BCUT2D eigenvalue weighted by atomic mass is 14.3. The predicted octanol–water partition coefficient (Wildman–Crippen LogP) is 5.62. The van der Waals surface area contributed by atoms with E-state index in [2.05, 4.69) is 78.9 Å². The molecule has 0 heteroatoms. The van der Waals surface area contributed by atoms with Gasteiger partial charge in [0.2, 0.25) is 0 Å². The third-order valence-corrected chi connectivity index (χ3v) is 4.97. The zero-order valence-corrected chi connectivity index (χ0v) is 12.3. The van der Waals surface area contributed by atoms with Crippen LogP contribution in [0.15, 0.2) is 78.9 Å². The molecule has 2 aliphatic carbocycles. The van der Waals surface area contributed by atoms with Crippen molar-refractivity contribution in [1.29, 1.82) is 0 Å². The maximum atomic E-state index is 2.30. The summed E-state index contributed by atoms with van der Waals surface area (Å²) in [6.07, 6.45) is 9.94. The van der Waals surface area contributed by atoms with Crippen molar-refractivity contribution in [3.05, 3.63) is 95.6 Å². The lowest BCUT2D eigenvalue weighted by Crippen LogP contribution is -1.94. The fourth-order valence-electron chi connectivity index (χ4n) is 3.97. The minimum atomic E-state index is 0.416. The lowest BCUT2D eigenvalue weighted by molar-refractivity contribution is 1.12. The van der Waals surface area contributed by atoms with Crippen molar-refractivity contribution < 1.29 is 0 Å². The van der Waals surface area contributed by atoms with Crippen LogP contribution in [0.5, 0.6) is 0 Å². The van der Waals surface area contributed by atoms with Crippen LogP contribution in [0.25, 0.3) is 21.9 Å². The van der Waals surface area contributed by atoms with E-state index in [0.717, 1.165) is 6.42 Å². The minimum Gasteiger partial charge on any atom is -0.0732 e. The lowest BCUT2D eigenvalue weighted by atomic mass is 9.89. The van der Waals surface area contributed by atoms with Gasteiger partial charge in [0.25, 0.3) is 0 Å². The number of fused-ring (bicyclic) bond motifs is 5. The molecule has 0 saturated carbocycles. The first-order valence-electron chi connectivity index (χ1n) is 7.89. The van der Waals surface area contributed by atoms with Gasteiger partial charge in [-0.1, -0.05) is 78.9 Å². The van der Waals surface area contributed by atoms with Crippen LogP contribution in [0.4, 0.5) is 0 Å². The maximum Gasteiger partial charge on any atom is 0.0211 e. The SMILES string of the molecule is C1=CC(c2cccc3ccc4c(c23)Cc2ccccc2-4)C=C1. The summed E-state index contributed by atoms with van der Waals surface area (Å²) in [5, 5.41) is 2.81. The van der Waals surface area contributed by atoms with Gasteiger partial charge in [-0.15, -0.1) is 0 Å². The van der Waals surface area contributed by atoms with E-state index in [1.54, 1.807) is 0 Å². The fourth-order valence-corrected chi connectivity index (χ4v) is 3.97. The Hall–Kier alpha value is -2.60. The molecule has 104 valence electrons. The summed E-state index contributed by atoms with van der Waals surface area (Å²) >= 11 is 0. The highest BCUT2D eigenvalue weighted by Crippen LogP contribution is 2.43. The quantitative estimate of drug-likeness (QED) is 0.424. The molecule has 0 radical (unpaired) electrons. The Bertz CT molecular complexity index is 945. The number of rotatable bonds is 1. The van der Waals surface area contributed by atoms with Gasteiger partial charge in [0.15, 0.2) is 0 Å². The predicted molar refractivity (Wildman–Crippen MR) is 93.2 cm³/mol. The molecule has 22 heavy (non-hydrogen) atoms. The third-order valence-electron chi connectivity index (χ3n) is 4.97. The van der Waals surface area contributed by atoms with Crippen LogP contribution in [-0.2, 0) is 6.42 Å². The van der Waals surface area contributed by atoms with Gasteiger partial charge >= 0.3 is 0 Å². The Balaban J connectivity index is 1.84. The molecule has 0 aliphatic heterocycles. The van der Waals surface area contributed by atoms with Crippen LogP contribution in [-0.4, -0.2) is 0 Å². The van der Waals surface area contributed by atoms with Crippen LogP contribution in [0.2, 0.25) is 0 Å². The second kappa shape index (κ2) is 4.45. The summed E-state index contributed by atoms with van der Waals surface area (Å²) in [5.41, 5.74) is 7.22. The van der Waals surface area contributed by atoms with Gasteiger partial charge < -0.3 is 0 Å². The van der Waals surface area contributed by atoms with Gasteiger partial charge in [0, 0.05) is 5.92 Å². The average molecular weight is 280 g/mol. The van der Waals surface area contributed by atoms with E-state index in [1.165, 1.54) is 38.6 Å². The van der Waals surface area contributed by atoms with Gasteiger partial charge in [0.1, 0.15) is 0 Å². The Kier molecular flexibility index (Phi) is 2.42. The third kappa shape index (κ3) is 1.58. The molecule has 0 heterocycles. The molecule has 0 spiro atoms. The molecule has 0 nitrogen and oxygen atoms in total. The first kappa shape index (κ1) is 12.0. The Morgan fingerprint density at radius 1 is 0.727 bits per heavy atom. The largest absolute Gasteiger partial charge is 0.0732 e. The van der Waals surface area contributed by atoms with Crippen molar-refractivity contribution in [3.63, 3.8) is 0 Å². The van der Waals surface area contributed by atoms with Gasteiger partial charge in [-0.25, -0.2) is 0 Å². The van der Waals surface area contributed by atoms with Crippen molar-refractivity contribution in [3.8, 4) is 11.1 Å². The Labute approximate surface area is 130 Å². The Morgan fingerprint density at radius 3 is 2.50 bits per heavy atom. The molecule has 3 aromatic rings. The van der Waals surface area contributed by atoms with E-state index in [1.807, 2.05) is 0 Å². The fraction of sp³-hybridized carbons (Fsp3) is 0.0909. The van der Waals surface area contributed by atoms with E-state index in [0.29, 0.717) is 5.92 Å². The molecule has 2 aliphatic rings. The van der Waals surface area contributed by atoms with E-state index in [9.17, 15) is 0 Å². The molecule has 0 fully saturated rings. The van der Waals surface area contributed by atoms with Crippen LogP contribution < -0.4 is 0 Å². The standard InChI is InChI=1S/C22H16/c1-2-7-15(6-1)19-11-5-9-16-12-13-20-18-10-4-3-8-17(18)14-21(20)22(16)19/h1-13,15H,14H2. The molecule has 0 saturated heterocycles. The van der Waals surface area contributed by atoms with Crippen molar-refractivity contribution in [2.75, 3.05) is 0 Å². The summed E-state index contributed by atoms with van der Waals surface area (Å²) in [6.45, 7) is 0. The van der Waals surface area contributed by atoms with E-state index < -0.39 is 0 Å². The molecule has 5 rings (SSSR count). The Morgan fingerprint density at radius 2 is 1.59 bits per heavy atom. The summed E-state index contributed by atoms with van der Waals surface area (Å²) in [6, 6.07) is 20.1. The van der Waals surface area contributed by atoms with Crippen LogP contribution in [0.3, 0.4) is 0 Å². The van der Waals surface area contributed by atoms with Crippen LogP contribution in [0, 0.1) is 0 Å². The number of hydrogen-bond acceptors (Lipinski definition) is 0. The topological polar surface area (TPSA) is 0 Å². The van der Waals surface area contributed by atoms with Gasteiger partial charge in [0.05, 0.1) is 0 Å². The van der Waals surface area contributed by atoms with E-state index in [4.69, 9.17) is 0 Å². The highest BCUT2D eigenvalue weighted by Gasteiger charge is 2.22. The number of allylic oxidation sites excluding steroid dienone is 4. The van der Waals surface area contributed by atoms with Crippen LogP contribution in [0.1, 0.15) is 22.6 Å². The average Bonchev–Trinajstić information content (AvgIpc) is 3.21. The number of benzene rings is 3. The lowest BCUT2D eigenvalue weighted by Gasteiger charge is -2.14. The van der Waals surface area contributed by atoms with Crippen molar-refractivity contribution in [2.45, 2.75) is 12.3 Å². The zero-order valence-electron chi connectivity index (χ0n) is 12.3. The second-order valence-corrected chi connectivity index (χ2v) is 6.17. The highest BCUT2D eigenvalue weighted by molar-refractivity contribution is 5.97. The smallest absolute Gasteiger partial charge is 0.0211 e. The summed E-state index contributed by atoms with van der Waals surface area (Å²) in [4.78, 5) is 0. The van der Waals surface area contributed by atoms with Crippen molar-refractivity contribution >= 4 is 10.8 Å². The summed E-state index contributed by atoms with van der Waals surface area (Å²) in [5.74, 6) is 0.416. The van der Waals surface area contributed by atoms with Crippen molar-refractivity contribution in [2.24, 2.45) is 0 Å². The monoisotopic (exact) mass is 280 g/mol. The maximum absolute atomic E-state index is 2.30. The molecular weight excluding hydrogens is 264 g/mol. The first-order chi connectivity index (χ1) is 10.9. The number of hydrogen-bond donors (Lipinski definition) is 0. The molecule has 0 atom stereocenters. The second-order valence-electron chi connectivity index (χ2n) is 6.17. The van der Waals surface area contributed by atoms with Gasteiger partial charge in [-0.2, -0.15) is 0 Å². The van der Waals surface area contributed by atoms with Crippen molar-refractivity contribution in [1.82, 2.24) is 0 Å². The normalized spacial score (nSPS) is 15.5. The summed E-state index contributed by atoms with van der Waals surface area (Å²) in [7, 11) is 0. The van der Waals surface area contributed by atoms with E-state index in [-0.39, 0.29) is 0 Å². The molecule has 0 amide bonds. The summed E-state index contributed by atoms with van der Waals surface area (Å²) < 4.78 is 0. The molecule has 0 N–H and O–H groups in total. The molecule has 0 unspecified atom stereocenters. The van der Waals surface area contributed by atoms with Gasteiger partial charge in [-0.3, -0.25) is 0 Å². The molecule has 0 bridgehead atoms.